The third-order valence-electron chi connectivity index (χ3n) is 7.56. The molecule has 0 atom stereocenters. The highest BCUT2D eigenvalue weighted by Gasteiger charge is 2.12. The second-order valence-corrected chi connectivity index (χ2v) is 11.0. The van der Waals surface area contributed by atoms with Gasteiger partial charge in [0.2, 0.25) is 0 Å². The fraction of sp³-hybridized carbons (Fsp3) is 0.225. The van der Waals surface area contributed by atoms with Crippen LogP contribution in [0.25, 0.3) is 18.2 Å². The number of anilines is 3. The van der Waals surface area contributed by atoms with Crippen molar-refractivity contribution in [3.8, 4) is 11.8 Å². The Morgan fingerprint density at radius 3 is 1.85 bits per heavy atom. The number of carboxylic acid groups (broad SMARTS) is 1. The van der Waals surface area contributed by atoms with Crippen molar-refractivity contribution in [1.29, 1.82) is 5.26 Å². The quantitative estimate of drug-likeness (QED) is 0.0395. The van der Waals surface area contributed by atoms with Crippen molar-refractivity contribution in [2.75, 3.05) is 11.5 Å². The molecule has 6 nitrogen and oxygen atoms in total. The molecule has 1 N–H and O–H groups in total. The molecule has 0 fully saturated rings. The third kappa shape index (κ3) is 10.3. The molecule has 6 heteroatoms. The molecular weight excluding hydrogens is 572 g/mol. The Balaban J connectivity index is 1.45. The number of hydrogen-bond donors (Lipinski definition) is 1. The normalized spacial score (nSPS) is 11.2. The van der Waals surface area contributed by atoms with Crippen LogP contribution in [0.2, 0.25) is 0 Å². The van der Waals surface area contributed by atoms with Crippen LogP contribution in [0.1, 0.15) is 68.1 Å². The second-order valence-electron chi connectivity index (χ2n) is 11.0. The topological polar surface area (TPSA) is 90.6 Å². The molecule has 4 aromatic carbocycles. The lowest BCUT2D eigenvalue weighted by Crippen LogP contribution is -2.09. The van der Waals surface area contributed by atoms with Gasteiger partial charge in [-0.3, -0.25) is 0 Å². The fourth-order valence-corrected chi connectivity index (χ4v) is 5.12. The summed E-state index contributed by atoms with van der Waals surface area (Å²) in [7, 11) is 0. The number of aldehydes is 1. The molecule has 0 amide bonds. The van der Waals surface area contributed by atoms with Gasteiger partial charge in [-0.25, -0.2) is 4.79 Å². The summed E-state index contributed by atoms with van der Waals surface area (Å²) in [5, 5.41) is 18.7. The molecule has 0 radical (unpaired) electrons. The van der Waals surface area contributed by atoms with Gasteiger partial charge in [0.25, 0.3) is 0 Å². The highest BCUT2D eigenvalue weighted by atomic mass is 16.5. The van der Waals surface area contributed by atoms with Crippen molar-refractivity contribution in [2.45, 2.75) is 51.4 Å². The molecule has 234 valence electrons. The van der Waals surface area contributed by atoms with Crippen molar-refractivity contribution in [1.82, 2.24) is 0 Å². The lowest BCUT2D eigenvalue weighted by atomic mass is 10.1. The van der Waals surface area contributed by atoms with E-state index in [9.17, 15) is 20.0 Å². The Hall–Kier alpha value is -5.41. The van der Waals surface area contributed by atoms with Crippen LogP contribution in [0.3, 0.4) is 0 Å². The summed E-state index contributed by atoms with van der Waals surface area (Å²) in [6.07, 6.45) is 14.3. The monoisotopic (exact) mass is 612 g/mol. The summed E-state index contributed by atoms with van der Waals surface area (Å²) >= 11 is 0. The average Bonchev–Trinajstić information content (AvgIpc) is 3.09. The van der Waals surface area contributed by atoms with Crippen molar-refractivity contribution < 1.29 is 19.4 Å². The molecular formula is C40H40N2O4. The number of carbonyl (C=O) groups is 2. The standard InChI is InChI=1S/C40H40N2O4/c41-31-35(40(44)45)30-34-24-21-33(29-39(34)46-28-14-6-4-2-1-3-5-13-27-43)20-19-32-22-25-38(26-23-32)42(36-15-9-7-10-16-36)37-17-11-8-12-18-37/h7-12,15-27,29-30H,1-6,13-14,28H2,(H,44,45)/b20-19+,35-30-. The van der Waals surface area contributed by atoms with Gasteiger partial charge in [-0.15, -0.1) is 0 Å². The predicted octanol–water partition coefficient (Wildman–Crippen LogP) is 10.0. The van der Waals surface area contributed by atoms with Gasteiger partial charge in [0.15, 0.2) is 0 Å². The third-order valence-corrected chi connectivity index (χ3v) is 7.56. The van der Waals surface area contributed by atoms with E-state index in [4.69, 9.17) is 4.74 Å². The Morgan fingerprint density at radius 2 is 1.26 bits per heavy atom. The average molecular weight is 613 g/mol. The summed E-state index contributed by atoms with van der Waals surface area (Å²) in [6.45, 7) is 0.495. The van der Waals surface area contributed by atoms with Crippen LogP contribution in [0, 0.1) is 11.3 Å². The summed E-state index contributed by atoms with van der Waals surface area (Å²) < 4.78 is 6.12. The van der Waals surface area contributed by atoms with Gasteiger partial charge >= 0.3 is 5.97 Å². The van der Waals surface area contributed by atoms with Crippen LogP contribution in [0.5, 0.6) is 5.75 Å². The van der Waals surface area contributed by atoms with Gasteiger partial charge in [-0.05, 0) is 72.5 Å². The molecule has 4 aromatic rings. The lowest BCUT2D eigenvalue weighted by molar-refractivity contribution is -0.132. The van der Waals surface area contributed by atoms with E-state index >= 15 is 0 Å². The Kier molecular flexibility index (Phi) is 13.4. The Bertz CT molecular complexity index is 1600. The zero-order chi connectivity index (χ0) is 32.4. The number of rotatable bonds is 18. The van der Waals surface area contributed by atoms with Crippen LogP contribution < -0.4 is 9.64 Å². The van der Waals surface area contributed by atoms with E-state index in [-0.39, 0.29) is 5.57 Å². The van der Waals surface area contributed by atoms with Crippen molar-refractivity contribution in [2.24, 2.45) is 0 Å². The largest absolute Gasteiger partial charge is 0.493 e. The number of benzene rings is 4. The number of hydrogen-bond acceptors (Lipinski definition) is 5. The number of carbonyl (C=O) groups excluding carboxylic acids is 1. The first-order valence-corrected chi connectivity index (χ1v) is 15.8. The van der Waals surface area contributed by atoms with E-state index in [0.29, 0.717) is 24.3 Å². The molecule has 0 unspecified atom stereocenters. The predicted molar refractivity (Wildman–Crippen MR) is 186 cm³/mol. The van der Waals surface area contributed by atoms with Crippen LogP contribution >= 0.6 is 0 Å². The van der Waals surface area contributed by atoms with E-state index < -0.39 is 5.97 Å². The molecule has 46 heavy (non-hydrogen) atoms. The molecule has 0 aliphatic carbocycles. The molecule has 4 rings (SSSR count). The lowest BCUT2D eigenvalue weighted by Gasteiger charge is -2.25. The minimum atomic E-state index is -1.27. The molecule has 0 heterocycles. The van der Waals surface area contributed by atoms with Gasteiger partial charge in [-0.1, -0.05) is 105 Å². The molecule has 0 aliphatic heterocycles. The Morgan fingerprint density at radius 1 is 0.717 bits per heavy atom. The number of para-hydroxylation sites is 2. The first kappa shape index (κ1) is 33.5. The zero-order valence-corrected chi connectivity index (χ0v) is 26.1. The number of carboxylic acids is 1. The number of nitrogens with zero attached hydrogens (tertiary/aromatic N) is 2. The molecule has 0 saturated carbocycles. The first-order valence-electron chi connectivity index (χ1n) is 15.8. The SMILES string of the molecule is N#C/C(=C/c1ccc(/C=C/c2ccc(N(c3ccccc3)c3ccccc3)cc2)cc1OCCCCCCCCCC=O)C(=O)O. The number of unbranched alkanes of at least 4 members (excludes halogenated alkanes) is 7. The number of ether oxygens (including phenoxy) is 1. The molecule has 0 spiro atoms. The van der Waals surface area contributed by atoms with Crippen LogP contribution in [-0.2, 0) is 9.59 Å². The highest BCUT2D eigenvalue weighted by Crippen LogP contribution is 2.34. The maximum Gasteiger partial charge on any atom is 0.346 e. The van der Waals surface area contributed by atoms with Gasteiger partial charge in [0, 0.05) is 29.0 Å². The smallest absolute Gasteiger partial charge is 0.346 e. The van der Waals surface area contributed by atoms with E-state index in [0.717, 1.165) is 79.4 Å². The fourth-order valence-electron chi connectivity index (χ4n) is 5.12. The molecule has 0 bridgehead atoms. The summed E-state index contributed by atoms with van der Waals surface area (Å²) in [5.74, 6) is -0.728. The number of aliphatic carboxylic acids is 1. The van der Waals surface area contributed by atoms with E-state index in [2.05, 4.69) is 53.4 Å². The Labute approximate surface area is 271 Å². The molecule has 0 saturated heterocycles. The van der Waals surface area contributed by atoms with Crippen molar-refractivity contribution >= 4 is 47.5 Å². The second kappa shape index (κ2) is 18.4. The maximum atomic E-state index is 11.5. The molecule has 0 aliphatic rings. The van der Waals surface area contributed by atoms with Crippen molar-refractivity contribution in [3.63, 3.8) is 0 Å². The first-order chi connectivity index (χ1) is 22.6. The van der Waals surface area contributed by atoms with Crippen LogP contribution in [-0.4, -0.2) is 24.0 Å². The summed E-state index contributed by atoms with van der Waals surface area (Å²) in [5.41, 5.74) is 5.33. The van der Waals surface area contributed by atoms with E-state index in [1.807, 2.05) is 60.7 Å². The maximum absolute atomic E-state index is 11.5. The van der Waals surface area contributed by atoms with Crippen LogP contribution in [0.15, 0.2) is 109 Å². The summed E-state index contributed by atoms with van der Waals surface area (Å²) in [4.78, 5) is 24.1. The van der Waals surface area contributed by atoms with Crippen LogP contribution in [0.4, 0.5) is 17.1 Å². The zero-order valence-electron chi connectivity index (χ0n) is 26.1. The summed E-state index contributed by atoms with van der Waals surface area (Å²) in [6, 6.07) is 36.2. The van der Waals surface area contributed by atoms with E-state index in [1.54, 1.807) is 12.1 Å². The molecule has 0 aromatic heterocycles. The van der Waals surface area contributed by atoms with Crippen molar-refractivity contribution in [3.05, 3.63) is 125 Å². The van der Waals surface area contributed by atoms with Gasteiger partial charge in [0.1, 0.15) is 23.7 Å². The highest BCUT2D eigenvalue weighted by molar-refractivity contribution is 5.97. The van der Waals surface area contributed by atoms with Gasteiger partial charge in [0.05, 0.1) is 6.61 Å². The van der Waals surface area contributed by atoms with Gasteiger partial charge in [-0.2, -0.15) is 5.26 Å². The number of nitriles is 1. The minimum absolute atomic E-state index is 0.345. The van der Waals surface area contributed by atoms with Gasteiger partial charge < -0.3 is 19.5 Å². The minimum Gasteiger partial charge on any atom is -0.493 e. The van der Waals surface area contributed by atoms with E-state index in [1.165, 1.54) is 6.08 Å².